The van der Waals surface area contributed by atoms with Crippen LogP contribution in [0.5, 0.6) is 0 Å². The van der Waals surface area contributed by atoms with Crippen LogP contribution in [0.2, 0.25) is 0 Å². The molecule has 0 saturated heterocycles. The van der Waals surface area contributed by atoms with E-state index in [4.69, 9.17) is 5.53 Å². The van der Waals surface area contributed by atoms with Crippen molar-refractivity contribution in [2.75, 3.05) is 0 Å². The molecule has 0 bridgehead atoms. The molecule has 0 fully saturated rings. The van der Waals surface area contributed by atoms with E-state index >= 15 is 0 Å². The van der Waals surface area contributed by atoms with E-state index in [2.05, 4.69) is 4.79 Å². The lowest BCUT2D eigenvalue weighted by Gasteiger charge is -1.95. The molecule has 3 heteroatoms. The Bertz CT molecular complexity index is 290. The van der Waals surface area contributed by atoms with Gasteiger partial charge in [-0.15, -0.1) is 0 Å². The highest BCUT2D eigenvalue weighted by Crippen LogP contribution is 2.05. The van der Waals surface area contributed by atoms with E-state index in [-0.39, 0.29) is 11.7 Å². The Hall–Kier alpha value is -1.73. The van der Waals surface area contributed by atoms with Crippen LogP contribution in [0.4, 0.5) is 0 Å². The normalized spacial score (nSPS) is 15.3. The summed E-state index contributed by atoms with van der Waals surface area (Å²) < 4.78 is 0. The smallest absolute Gasteiger partial charge is 0.324 e. The van der Waals surface area contributed by atoms with Crippen molar-refractivity contribution >= 4 is 12.0 Å². The van der Waals surface area contributed by atoms with Crippen molar-refractivity contribution in [2.24, 2.45) is 5.92 Å². The third-order valence-corrected chi connectivity index (χ3v) is 1.48. The van der Waals surface area contributed by atoms with Crippen LogP contribution in [0.25, 0.3) is 5.53 Å². The first-order valence-corrected chi connectivity index (χ1v) is 3.57. The monoisotopic (exact) mass is 160 g/mol. The van der Waals surface area contributed by atoms with Crippen LogP contribution in [-0.4, -0.2) is 16.8 Å². The zero-order valence-electron chi connectivity index (χ0n) is 6.42. The molecule has 0 N–H and O–H groups in total. The largest absolute Gasteiger partial charge is 0.361 e. The Morgan fingerprint density at radius 3 is 2.33 bits per heavy atom. The Morgan fingerprint density at radius 2 is 1.83 bits per heavy atom. The average molecular weight is 160 g/mol. The molecule has 1 rings (SSSR count). The first-order valence-electron chi connectivity index (χ1n) is 3.57. The van der Waals surface area contributed by atoms with Gasteiger partial charge in [0.15, 0.2) is 0 Å². The molecular formula is C9H8N2O. The molecular weight excluding hydrogens is 152 g/mol. The van der Waals surface area contributed by atoms with Gasteiger partial charge in [0.05, 0.1) is 5.92 Å². The highest BCUT2D eigenvalue weighted by molar-refractivity contribution is 6.27. The summed E-state index contributed by atoms with van der Waals surface area (Å²) in [6, 6.07) is 0. The molecule has 60 valence electrons. The Kier molecular flexibility index (Phi) is 2.94. The Balaban J connectivity index is 2.76. The van der Waals surface area contributed by atoms with Gasteiger partial charge in [-0.2, -0.15) is 4.79 Å². The van der Waals surface area contributed by atoms with E-state index in [1.807, 2.05) is 12.2 Å². The summed E-state index contributed by atoms with van der Waals surface area (Å²) in [7, 11) is 0. The van der Waals surface area contributed by atoms with Gasteiger partial charge in [-0.1, -0.05) is 36.5 Å². The number of Topliss-reactive ketones (excluding diaryl/α,β-unsaturated/α-hetero) is 1. The maximum absolute atomic E-state index is 11.1. The van der Waals surface area contributed by atoms with E-state index in [9.17, 15) is 4.79 Å². The number of ketones is 1. The van der Waals surface area contributed by atoms with Gasteiger partial charge < -0.3 is 5.53 Å². The Morgan fingerprint density at radius 1 is 1.25 bits per heavy atom. The van der Waals surface area contributed by atoms with Gasteiger partial charge in [-0.3, -0.25) is 4.79 Å². The minimum Gasteiger partial charge on any atom is -0.361 e. The molecule has 0 atom stereocenters. The SMILES string of the molecule is [N-]=[N+]=CC(=O)C1C=CC=CC=C1. The first-order chi connectivity index (χ1) is 5.84. The van der Waals surface area contributed by atoms with Crippen molar-refractivity contribution in [2.45, 2.75) is 0 Å². The molecule has 12 heavy (non-hydrogen) atoms. The summed E-state index contributed by atoms with van der Waals surface area (Å²) in [5.41, 5.74) is 8.12. The second-order valence-corrected chi connectivity index (χ2v) is 2.33. The fourth-order valence-electron chi connectivity index (χ4n) is 0.893. The number of hydrogen-bond donors (Lipinski definition) is 0. The zero-order valence-corrected chi connectivity index (χ0v) is 6.42. The van der Waals surface area contributed by atoms with Crippen LogP contribution in [0.3, 0.4) is 0 Å². The molecule has 0 aliphatic heterocycles. The van der Waals surface area contributed by atoms with Crippen LogP contribution in [0.15, 0.2) is 36.5 Å². The third-order valence-electron chi connectivity index (χ3n) is 1.48. The van der Waals surface area contributed by atoms with E-state index in [0.29, 0.717) is 0 Å². The quantitative estimate of drug-likeness (QED) is 0.339. The maximum Gasteiger partial charge on any atom is 0.324 e. The molecule has 0 amide bonds. The summed E-state index contributed by atoms with van der Waals surface area (Å²) in [5.74, 6) is -0.537. The van der Waals surface area contributed by atoms with Crippen LogP contribution < -0.4 is 0 Å². The second-order valence-electron chi connectivity index (χ2n) is 2.33. The van der Waals surface area contributed by atoms with Crippen LogP contribution in [0.1, 0.15) is 0 Å². The molecule has 0 aromatic rings. The molecule has 0 saturated carbocycles. The fraction of sp³-hybridized carbons (Fsp3) is 0.111. The molecule has 0 heterocycles. The lowest BCUT2D eigenvalue weighted by atomic mass is 10.0. The molecule has 3 nitrogen and oxygen atoms in total. The van der Waals surface area contributed by atoms with Crippen LogP contribution in [0, 0.1) is 5.92 Å². The molecule has 1 aliphatic carbocycles. The number of carbonyl (C=O) groups is 1. The van der Waals surface area contributed by atoms with Crippen LogP contribution >= 0.6 is 0 Å². The molecule has 0 aromatic heterocycles. The van der Waals surface area contributed by atoms with Gasteiger partial charge in [-0.25, -0.2) is 0 Å². The van der Waals surface area contributed by atoms with Gasteiger partial charge in [0, 0.05) is 0 Å². The number of carbonyl (C=O) groups excluding carboxylic acids is 1. The molecule has 1 aliphatic rings. The third kappa shape index (κ3) is 2.15. The van der Waals surface area contributed by atoms with Gasteiger partial charge in [0.25, 0.3) is 0 Å². The van der Waals surface area contributed by atoms with Gasteiger partial charge in [-0.05, 0) is 0 Å². The molecule has 0 unspecified atom stereocenters. The molecule has 0 radical (unpaired) electrons. The number of rotatable bonds is 2. The maximum atomic E-state index is 11.1. The van der Waals surface area contributed by atoms with Crippen molar-refractivity contribution in [3.8, 4) is 0 Å². The minimum absolute atomic E-state index is 0.228. The average Bonchev–Trinajstić information content (AvgIpc) is 2.32. The van der Waals surface area contributed by atoms with E-state index in [0.717, 1.165) is 6.21 Å². The van der Waals surface area contributed by atoms with Crippen LogP contribution in [-0.2, 0) is 4.79 Å². The van der Waals surface area contributed by atoms with Crippen molar-refractivity contribution in [3.05, 3.63) is 42.0 Å². The van der Waals surface area contributed by atoms with E-state index in [1.165, 1.54) is 0 Å². The lowest BCUT2D eigenvalue weighted by Crippen LogP contribution is -2.10. The minimum atomic E-state index is -0.309. The second kappa shape index (κ2) is 4.21. The summed E-state index contributed by atoms with van der Waals surface area (Å²) in [6.45, 7) is 0. The van der Waals surface area contributed by atoms with Gasteiger partial charge in [0.1, 0.15) is 0 Å². The standard InChI is InChI=1S/C9H8N2O/c10-11-7-9(12)8-5-3-1-2-4-6-8/h1-8H. The predicted octanol–water partition coefficient (Wildman–Crippen LogP) is 1.15. The summed E-state index contributed by atoms with van der Waals surface area (Å²) in [5, 5.41) is 0. The van der Waals surface area contributed by atoms with Crippen molar-refractivity contribution in [1.29, 1.82) is 0 Å². The molecule has 0 aromatic carbocycles. The number of hydrogen-bond acceptors (Lipinski definition) is 1. The summed E-state index contributed by atoms with van der Waals surface area (Å²) >= 11 is 0. The van der Waals surface area contributed by atoms with Crippen molar-refractivity contribution < 1.29 is 9.58 Å². The zero-order chi connectivity index (χ0) is 8.81. The summed E-state index contributed by atoms with van der Waals surface area (Å²) in [4.78, 5) is 13.8. The Labute approximate surface area is 70.3 Å². The highest BCUT2D eigenvalue weighted by Gasteiger charge is 2.12. The lowest BCUT2D eigenvalue weighted by molar-refractivity contribution is -0.117. The highest BCUT2D eigenvalue weighted by atomic mass is 16.1. The topological polar surface area (TPSA) is 53.5 Å². The van der Waals surface area contributed by atoms with Crippen molar-refractivity contribution in [1.82, 2.24) is 0 Å². The molecule has 0 spiro atoms. The summed E-state index contributed by atoms with van der Waals surface area (Å²) in [6.07, 6.45) is 11.6. The number of allylic oxidation sites excluding steroid dienone is 6. The first kappa shape index (κ1) is 8.37. The fourth-order valence-corrected chi connectivity index (χ4v) is 0.893. The van der Waals surface area contributed by atoms with Gasteiger partial charge in [0.2, 0.25) is 5.78 Å². The van der Waals surface area contributed by atoms with E-state index < -0.39 is 0 Å². The van der Waals surface area contributed by atoms with E-state index in [1.54, 1.807) is 24.3 Å². The van der Waals surface area contributed by atoms with Gasteiger partial charge >= 0.3 is 6.21 Å². The van der Waals surface area contributed by atoms with Crippen molar-refractivity contribution in [3.63, 3.8) is 0 Å². The predicted molar refractivity (Wildman–Crippen MR) is 45.6 cm³/mol. The number of nitrogens with zero attached hydrogens (tertiary/aromatic N) is 2.